The number of benzene rings is 1. The summed E-state index contributed by atoms with van der Waals surface area (Å²) in [5.74, 6) is -1.82. The van der Waals surface area contributed by atoms with E-state index >= 15 is 0 Å². The van der Waals surface area contributed by atoms with E-state index in [0.29, 0.717) is 6.42 Å². The number of carboxylic acid groups (broad SMARTS) is 1. The van der Waals surface area contributed by atoms with Crippen molar-refractivity contribution in [2.24, 2.45) is 18.9 Å². The average molecular weight is 449 g/mol. The molecule has 2 N–H and O–H groups in total. The number of carbonyl (C=O) groups excluding carboxylic acids is 1. The number of hydrogen-bond acceptors (Lipinski definition) is 5. The highest BCUT2D eigenvalue weighted by Gasteiger charge is 2.32. The minimum atomic E-state index is -3.90. The standard InChI is InChI=1S/C21H28N4O5S/c1-14-8-10-16(11-9-14)31(29,30)25(3)20-18(13-23-24(20)2)19(26)22-12-15-6-4-5-7-17(15)21(27)28/h8-11,13,15,17H,4-7,12H2,1-3H3,(H,22,26)(H,27,28)/t15-,17-/m0/s1. The summed E-state index contributed by atoms with van der Waals surface area (Å²) in [6, 6.07) is 6.46. The highest BCUT2D eigenvalue weighted by Crippen LogP contribution is 2.30. The fourth-order valence-electron chi connectivity index (χ4n) is 4.04. The second-order valence-corrected chi connectivity index (χ2v) is 9.96. The van der Waals surface area contributed by atoms with Gasteiger partial charge in [-0.15, -0.1) is 0 Å². The first-order chi connectivity index (χ1) is 14.6. The largest absolute Gasteiger partial charge is 0.481 e. The first-order valence-corrected chi connectivity index (χ1v) is 11.7. The summed E-state index contributed by atoms with van der Waals surface area (Å²) in [6.07, 6.45) is 4.46. The Morgan fingerprint density at radius 2 is 1.87 bits per heavy atom. The molecule has 0 radical (unpaired) electrons. The predicted molar refractivity (Wildman–Crippen MR) is 115 cm³/mol. The zero-order valence-electron chi connectivity index (χ0n) is 17.9. The van der Waals surface area contributed by atoms with Crippen molar-refractivity contribution in [3.63, 3.8) is 0 Å². The van der Waals surface area contributed by atoms with Gasteiger partial charge in [-0.3, -0.25) is 18.6 Å². The Morgan fingerprint density at radius 1 is 1.23 bits per heavy atom. The van der Waals surface area contributed by atoms with Gasteiger partial charge < -0.3 is 10.4 Å². The van der Waals surface area contributed by atoms with Gasteiger partial charge in [0.15, 0.2) is 5.82 Å². The molecule has 1 heterocycles. The van der Waals surface area contributed by atoms with Gasteiger partial charge in [0.05, 0.1) is 17.0 Å². The van der Waals surface area contributed by atoms with E-state index in [4.69, 9.17) is 0 Å². The third kappa shape index (κ3) is 4.73. The predicted octanol–water partition coefficient (Wildman–Crippen LogP) is 2.17. The summed E-state index contributed by atoms with van der Waals surface area (Å²) in [5.41, 5.74) is 1.05. The number of anilines is 1. The van der Waals surface area contributed by atoms with Crippen LogP contribution < -0.4 is 9.62 Å². The number of amides is 1. The minimum Gasteiger partial charge on any atom is -0.481 e. The Morgan fingerprint density at radius 3 is 2.52 bits per heavy atom. The van der Waals surface area contributed by atoms with Crippen molar-refractivity contribution in [2.75, 3.05) is 17.9 Å². The summed E-state index contributed by atoms with van der Waals surface area (Å²) in [5, 5.41) is 16.3. The zero-order valence-corrected chi connectivity index (χ0v) is 18.7. The van der Waals surface area contributed by atoms with Gasteiger partial charge in [-0.05, 0) is 37.8 Å². The Bertz CT molecular complexity index is 1060. The van der Waals surface area contributed by atoms with Crippen LogP contribution in [0.3, 0.4) is 0 Å². The number of rotatable bonds is 7. The van der Waals surface area contributed by atoms with Crippen molar-refractivity contribution in [1.82, 2.24) is 15.1 Å². The average Bonchev–Trinajstić information content (AvgIpc) is 3.13. The maximum atomic E-state index is 13.1. The molecule has 1 fully saturated rings. The van der Waals surface area contributed by atoms with Crippen LogP contribution in [0.2, 0.25) is 0 Å². The van der Waals surface area contributed by atoms with Crippen LogP contribution in [-0.4, -0.2) is 48.8 Å². The number of hydrogen-bond donors (Lipinski definition) is 2. The Balaban J connectivity index is 1.80. The Kier molecular flexibility index (Phi) is 6.68. The lowest BCUT2D eigenvalue weighted by molar-refractivity contribution is -0.144. The third-order valence-corrected chi connectivity index (χ3v) is 7.64. The smallest absolute Gasteiger partial charge is 0.306 e. The quantitative estimate of drug-likeness (QED) is 0.670. The summed E-state index contributed by atoms with van der Waals surface area (Å²) in [4.78, 5) is 24.5. The number of carbonyl (C=O) groups is 2. The van der Waals surface area contributed by atoms with Crippen LogP contribution in [0.4, 0.5) is 5.82 Å². The fraction of sp³-hybridized carbons (Fsp3) is 0.476. The molecule has 1 saturated carbocycles. The first kappa shape index (κ1) is 22.8. The maximum absolute atomic E-state index is 13.1. The number of sulfonamides is 1. The van der Waals surface area contributed by atoms with E-state index in [-0.39, 0.29) is 28.7 Å². The lowest BCUT2D eigenvalue weighted by atomic mass is 9.79. The van der Waals surface area contributed by atoms with Crippen molar-refractivity contribution >= 4 is 27.7 Å². The molecule has 10 heteroatoms. The van der Waals surface area contributed by atoms with Gasteiger partial charge in [0, 0.05) is 20.6 Å². The van der Waals surface area contributed by atoms with E-state index in [1.165, 1.54) is 30.1 Å². The highest BCUT2D eigenvalue weighted by molar-refractivity contribution is 7.92. The lowest BCUT2D eigenvalue weighted by Gasteiger charge is -2.28. The molecule has 0 spiro atoms. The zero-order chi connectivity index (χ0) is 22.8. The number of nitrogens with zero attached hydrogens (tertiary/aromatic N) is 3. The molecule has 2 atom stereocenters. The molecular weight excluding hydrogens is 420 g/mol. The molecule has 0 saturated heterocycles. The minimum absolute atomic E-state index is 0.111. The van der Waals surface area contributed by atoms with Gasteiger partial charge in [0.25, 0.3) is 15.9 Å². The molecule has 1 aliphatic carbocycles. The normalized spacial score (nSPS) is 19.1. The number of aromatic nitrogens is 2. The monoisotopic (exact) mass is 448 g/mol. The van der Waals surface area contributed by atoms with E-state index < -0.39 is 27.8 Å². The molecule has 1 aromatic heterocycles. The van der Waals surface area contributed by atoms with E-state index in [9.17, 15) is 23.1 Å². The van der Waals surface area contributed by atoms with Gasteiger partial charge >= 0.3 is 5.97 Å². The third-order valence-electron chi connectivity index (χ3n) is 5.88. The second-order valence-electron chi connectivity index (χ2n) is 7.99. The molecule has 0 aliphatic heterocycles. The molecule has 31 heavy (non-hydrogen) atoms. The van der Waals surface area contributed by atoms with Crippen molar-refractivity contribution in [1.29, 1.82) is 0 Å². The van der Waals surface area contributed by atoms with Gasteiger partial charge in [0.2, 0.25) is 0 Å². The SMILES string of the molecule is Cc1ccc(S(=O)(=O)N(C)c2c(C(=O)NC[C@@H]3CCCC[C@@H]3C(=O)O)cnn2C)cc1. The summed E-state index contributed by atoms with van der Waals surface area (Å²) in [6.45, 7) is 2.09. The molecule has 9 nitrogen and oxygen atoms in total. The van der Waals surface area contributed by atoms with Gasteiger partial charge in [-0.25, -0.2) is 8.42 Å². The highest BCUT2D eigenvalue weighted by atomic mass is 32.2. The topological polar surface area (TPSA) is 122 Å². The van der Waals surface area contributed by atoms with Crippen LogP contribution in [0.1, 0.15) is 41.6 Å². The number of aliphatic carboxylic acids is 1. The number of aryl methyl sites for hydroxylation is 2. The van der Waals surface area contributed by atoms with Crippen LogP contribution in [0, 0.1) is 18.8 Å². The summed E-state index contributed by atoms with van der Waals surface area (Å²) >= 11 is 0. The molecule has 0 unspecified atom stereocenters. The van der Waals surface area contributed by atoms with Crippen LogP contribution >= 0.6 is 0 Å². The Hall–Kier alpha value is -2.88. The molecular formula is C21H28N4O5S. The van der Waals surface area contributed by atoms with E-state index in [2.05, 4.69) is 10.4 Å². The number of nitrogens with one attached hydrogen (secondary N) is 1. The van der Waals surface area contributed by atoms with Gasteiger partial charge in [0.1, 0.15) is 5.56 Å². The second kappa shape index (κ2) is 9.09. The summed E-state index contributed by atoms with van der Waals surface area (Å²) < 4.78 is 28.5. The molecule has 1 amide bonds. The van der Waals surface area contributed by atoms with E-state index in [1.54, 1.807) is 19.2 Å². The molecule has 1 aromatic carbocycles. The molecule has 0 bridgehead atoms. The molecule has 2 aromatic rings. The molecule has 3 rings (SSSR count). The van der Waals surface area contributed by atoms with Crippen molar-refractivity contribution in [2.45, 2.75) is 37.5 Å². The Labute approximate surface area is 182 Å². The van der Waals surface area contributed by atoms with E-state index in [0.717, 1.165) is 29.1 Å². The maximum Gasteiger partial charge on any atom is 0.306 e. The van der Waals surface area contributed by atoms with Crippen LogP contribution in [-0.2, 0) is 21.9 Å². The van der Waals surface area contributed by atoms with E-state index in [1.807, 2.05) is 6.92 Å². The van der Waals surface area contributed by atoms with Crippen LogP contribution in [0.15, 0.2) is 35.4 Å². The van der Waals surface area contributed by atoms with Gasteiger partial charge in [-0.1, -0.05) is 30.5 Å². The first-order valence-electron chi connectivity index (χ1n) is 10.2. The van der Waals surface area contributed by atoms with Crippen molar-refractivity contribution in [3.05, 3.63) is 41.6 Å². The van der Waals surface area contributed by atoms with Crippen LogP contribution in [0.25, 0.3) is 0 Å². The lowest BCUT2D eigenvalue weighted by Crippen LogP contribution is -2.38. The summed E-state index contributed by atoms with van der Waals surface area (Å²) in [7, 11) is -0.954. The van der Waals surface area contributed by atoms with Gasteiger partial charge in [-0.2, -0.15) is 5.10 Å². The molecule has 1 aliphatic rings. The number of carboxylic acids is 1. The van der Waals surface area contributed by atoms with Crippen molar-refractivity contribution < 1.29 is 23.1 Å². The molecule has 168 valence electrons. The van der Waals surface area contributed by atoms with Crippen LogP contribution in [0.5, 0.6) is 0 Å². The van der Waals surface area contributed by atoms with Crippen molar-refractivity contribution in [3.8, 4) is 0 Å². The fourth-order valence-corrected chi connectivity index (χ4v) is 5.28.